The Morgan fingerprint density at radius 2 is 1.89 bits per heavy atom. The summed E-state index contributed by atoms with van der Waals surface area (Å²) in [6.07, 6.45) is 7.35. The standard InChI is InChI=1S/C40H49N7O6/c1-7-46-34-11-10-26-17-30(34)31(36(46)28-19-41-22-42-20-28)18-40(4,5)21-53-39(52)32-9-8-12-47(44-32)38(51)33(15-25-13-27(26)16-29(49)14-25)43-37(50)35(24(2)3)45(6)23-48/h10-11,13-14,16-17,19-20,22-24,32-33,35,44,49H,7-9,12,15,18,21H2,1-6H3,(H,43,50)/t32-,33-,35?/m0/s1. The molecule has 2 aromatic carbocycles. The number of rotatable bonds is 7. The molecule has 280 valence electrons. The number of aromatic hydroxyl groups is 1. The molecule has 1 unspecified atom stereocenters. The third kappa shape index (κ3) is 7.90. The van der Waals surface area contributed by atoms with E-state index in [-0.39, 0.29) is 24.7 Å². The van der Waals surface area contributed by atoms with Gasteiger partial charge in [-0.25, -0.2) is 15.4 Å². The maximum absolute atomic E-state index is 14.3. The molecule has 13 nitrogen and oxygen atoms in total. The summed E-state index contributed by atoms with van der Waals surface area (Å²) < 4.78 is 8.23. The first-order valence-corrected chi connectivity index (χ1v) is 18.3. The number of benzene rings is 2. The molecule has 0 aliphatic carbocycles. The number of fused-ring (bicyclic) bond motifs is 6. The van der Waals surface area contributed by atoms with Crippen LogP contribution in [0, 0.1) is 11.3 Å². The van der Waals surface area contributed by atoms with Crippen LogP contribution in [-0.4, -0.2) is 92.1 Å². The SMILES string of the molecule is CCn1c(-c2cncnc2)c2c3cc(ccc31)-c1cc(O)cc(c1)C[C@H](NC(=O)C(C(C)C)N(C)C=O)C(=O)N1CCC[C@H](N1)C(=O)OCC(C)(C)C2. The molecule has 2 aromatic heterocycles. The highest BCUT2D eigenvalue weighted by Crippen LogP contribution is 2.40. The van der Waals surface area contributed by atoms with Crippen molar-refractivity contribution in [3.63, 3.8) is 0 Å². The Bertz CT molecular complexity index is 2010. The Morgan fingerprint density at radius 3 is 2.58 bits per heavy atom. The van der Waals surface area contributed by atoms with E-state index in [1.807, 2.05) is 38.4 Å². The molecule has 6 bridgehead atoms. The van der Waals surface area contributed by atoms with Crippen molar-refractivity contribution in [3.8, 4) is 28.1 Å². The van der Waals surface area contributed by atoms with Crippen molar-refractivity contribution < 1.29 is 29.0 Å². The van der Waals surface area contributed by atoms with Crippen LogP contribution in [0.25, 0.3) is 33.3 Å². The number of phenols is 1. The maximum atomic E-state index is 14.3. The first-order chi connectivity index (χ1) is 25.3. The van der Waals surface area contributed by atoms with E-state index in [0.717, 1.165) is 38.9 Å². The second-order valence-electron chi connectivity index (χ2n) is 15.3. The Balaban J connectivity index is 1.50. The summed E-state index contributed by atoms with van der Waals surface area (Å²) in [5.74, 6) is -1.61. The normalized spacial score (nSPS) is 19.7. The monoisotopic (exact) mass is 723 g/mol. The predicted octanol–water partition coefficient (Wildman–Crippen LogP) is 4.25. The van der Waals surface area contributed by atoms with Crippen molar-refractivity contribution in [1.29, 1.82) is 0 Å². The first-order valence-electron chi connectivity index (χ1n) is 18.3. The second-order valence-corrected chi connectivity index (χ2v) is 15.3. The van der Waals surface area contributed by atoms with Crippen LogP contribution >= 0.6 is 0 Å². The molecule has 3 N–H and O–H groups in total. The number of likely N-dealkylation sites (N-methyl/N-ethyl adjacent to an activating group) is 1. The Morgan fingerprint density at radius 1 is 1.13 bits per heavy atom. The van der Waals surface area contributed by atoms with Crippen LogP contribution in [0.5, 0.6) is 5.75 Å². The van der Waals surface area contributed by atoms with E-state index in [0.29, 0.717) is 44.3 Å². The highest BCUT2D eigenvalue weighted by molar-refractivity contribution is 5.95. The van der Waals surface area contributed by atoms with Crippen LogP contribution in [0.2, 0.25) is 0 Å². The number of amides is 3. The molecule has 13 heteroatoms. The molecular weight excluding hydrogens is 674 g/mol. The van der Waals surface area contributed by atoms with Gasteiger partial charge in [-0.15, -0.1) is 0 Å². The van der Waals surface area contributed by atoms with Gasteiger partial charge in [0.05, 0.1) is 12.3 Å². The van der Waals surface area contributed by atoms with E-state index in [1.54, 1.807) is 12.1 Å². The van der Waals surface area contributed by atoms with Crippen LogP contribution in [0.4, 0.5) is 0 Å². The highest BCUT2D eigenvalue weighted by Gasteiger charge is 2.36. The molecule has 3 amide bonds. The Labute approximate surface area is 309 Å². The van der Waals surface area contributed by atoms with Crippen LogP contribution in [-0.2, 0) is 43.3 Å². The summed E-state index contributed by atoms with van der Waals surface area (Å²) in [6, 6.07) is 8.72. The van der Waals surface area contributed by atoms with E-state index in [2.05, 4.69) is 58.2 Å². The third-order valence-electron chi connectivity index (χ3n) is 10.2. The molecule has 4 aromatic rings. The van der Waals surface area contributed by atoms with E-state index in [1.165, 1.54) is 23.3 Å². The number of hydrogen-bond acceptors (Lipinski definition) is 9. The largest absolute Gasteiger partial charge is 0.508 e. The topological polar surface area (TPSA) is 159 Å². The number of phenolic OH excluding ortho intramolecular Hbond substituents is 1. The highest BCUT2D eigenvalue weighted by atomic mass is 16.5. The average molecular weight is 724 g/mol. The van der Waals surface area contributed by atoms with Gasteiger partial charge in [0.15, 0.2) is 0 Å². The predicted molar refractivity (Wildman–Crippen MR) is 200 cm³/mol. The van der Waals surface area contributed by atoms with Crippen molar-refractivity contribution in [1.82, 2.24) is 35.2 Å². The Kier molecular flexibility index (Phi) is 10.9. The number of nitrogens with one attached hydrogen (secondary N) is 2. The van der Waals surface area contributed by atoms with E-state index in [4.69, 9.17) is 4.74 Å². The van der Waals surface area contributed by atoms with Crippen molar-refractivity contribution in [2.24, 2.45) is 11.3 Å². The van der Waals surface area contributed by atoms with Crippen LogP contribution in [0.15, 0.2) is 55.1 Å². The summed E-state index contributed by atoms with van der Waals surface area (Å²) in [5, 5.41) is 16.4. The lowest BCUT2D eigenvalue weighted by atomic mass is 9.84. The fourth-order valence-electron chi connectivity index (χ4n) is 7.74. The lowest BCUT2D eigenvalue weighted by Crippen LogP contribution is -2.61. The molecule has 1 saturated heterocycles. The molecule has 0 spiro atoms. The minimum absolute atomic E-state index is 0.0128. The summed E-state index contributed by atoms with van der Waals surface area (Å²) in [7, 11) is 1.53. The quantitative estimate of drug-likeness (QED) is 0.187. The maximum Gasteiger partial charge on any atom is 0.324 e. The summed E-state index contributed by atoms with van der Waals surface area (Å²) >= 11 is 0. The van der Waals surface area contributed by atoms with Crippen molar-refractivity contribution in [3.05, 3.63) is 66.2 Å². The number of esters is 1. The number of ether oxygens (including phenoxy) is 1. The number of aryl methyl sites for hydroxylation is 1. The first kappa shape index (κ1) is 37.5. The second kappa shape index (κ2) is 15.4. The van der Waals surface area contributed by atoms with Gasteiger partial charge in [0.2, 0.25) is 12.3 Å². The minimum Gasteiger partial charge on any atom is -0.508 e. The minimum atomic E-state index is -1.08. The number of carbonyl (C=O) groups excluding carboxylic acids is 4. The molecule has 0 radical (unpaired) electrons. The summed E-state index contributed by atoms with van der Waals surface area (Å²) in [6.45, 7) is 11.0. The van der Waals surface area contributed by atoms with Crippen molar-refractivity contribution in [2.75, 3.05) is 20.2 Å². The molecule has 4 heterocycles. The van der Waals surface area contributed by atoms with E-state index in [9.17, 15) is 24.3 Å². The van der Waals surface area contributed by atoms with Gasteiger partial charge in [0, 0.05) is 60.8 Å². The smallest absolute Gasteiger partial charge is 0.324 e. The van der Waals surface area contributed by atoms with Crippen LogP contribution < -0.4 is 10.7 Å². The van der Waals surface area contributed by atoms with Crippen molar-refractivity contribution >= 4 is 35.1 Å². The van der Waals surface area contributed by atoms with Gasteiger partial charge in [0.1, 0.15) is 30.2 Å². The number of cyclic esters (lactones) is 1. The molecule has 53 heavy (non-hydrogen) atoms. The number of aromatic nitrogens is 3. The zero-order chi connectivity index (χ0) is 38.0. The van der Waals surface area contributed by atoms with Crippen LogP contribution in [0.3, 0.4) is 0 Å². The van der Waals surface area contributed by atoms with Gasteiger partial charge in [-0.05, 0) is 78.6 Å². The zero-order valence-corrected chi connectivity index (χ0v) is 31.3. The molecule has 1 fully saturated rings. The lowest BCUT2D eigenvalue weighted by molar-refractivity contribution is -0.155. The lowest BCUT2D eigenvalue weighted by Gasteiger charge is -2.36. The molecule has 3 atom stereocenters. The molecule has 0 saturated carbocycles. The van der Waals surface area contributed by atoms with Gasteiger partial charge < -0.3 is 24.6 Å². The van der Waals surface area contributed by atoms with Gasteiger partial charge in [-0.1, -0.05) is 39.8 Å². The fourth-order valence-corrected chi connectivity index (χ4v) is 7.74. The van der Waals surface area contributed by atoms with Gasteiger partial charge in [0.25, 0.3) is 5.91 Å². The third-order valence-corrected chi connectivity index (χ3v) is 10.2. The van der Waals surface area contributed by atoms with Gasteiger partial charge in [-0.3, -0.25) is 24.2 Å². The number of hydrogen-bond donors (Lipinski definition) is 3. The Hall–Kier alpha value is -5.30. The van der Waals surface area contributed by atoms with E-state index < -0.39 is 41.3 Å². The number of nitrogens with zero attached hydrogens (tertiary/aromatic N) is 5. The average Bonchev–Trinajstić information content (AvgIpc) is 3.44. The zero-order valence-electron chi connectivity index (χ0n) is 31.3. The van der Waals surface area contributed by atoms with Crippen molar-refractivity contribution in [2.45, 2.75) is 85.0 Å². The van der Waals surface area contributed by atoms with Gasteiger partial charge >= 0.3 is 5.97 Å². The molecule has 2 aliphatic heterocycles. The molecular formula is C40H49N7O6. The number of hydrazine groups is 1. The molecule has 2 aliphatic rings. The molecule has 6 rings (SSSR count). The van der Waals surface area contributed by atoms with Crippen LogP contribution in [0.1, 0.15) is 58.6 Å². The number of carbonyl (C=O) groups is 4. The summed E-state index contributed by atoms with van der Waals surface area (Å²) in [4.78, 5) is 63.2. The summed E-state index contributed by atoms with van der Waals surface area (Å²) in [5.41, 5.74) is 8.75. The van der Waals surface area contributed by atoms with Gasteiger partial charge in [-0.2, -0.15) is 0 Å². The van der Waals surface area contributed by atoms with E-state index >= 15 is 0 Å². The fraction of sp³-hybridized carbons (Fsp3) is 0.450.